The molecule has 1 aromatic heterocycles. The normalized spacial score (nSPS) is 10.2. The van der Waals surface area contributed by atoms with Gasteiger partial charge in [-0.25, -0.2) is 5.01 Å². The largest absolute Gasteiger partial charge is 0.388 e. The molecule has 110 valence electrons. The summed E-state index contributed by atoms with van der Waals surface area (Å²) < 4.78 is 1.78. The minimum Gasteiger partial charge on any atom is -0.388 e. The Morgan fingerprint density at radius 3 is 2.14 bits per heavy atom. The molecule has 0 atom stereocenters. The van der Waals surface area contributed by atoms with Gasteiger partial charge in [0.2, 0.25) is 0 Å². The van der Waals surface area contributed by atoms with Gasteiger partial charge in [-0.2, -0.15) is 0 Å². The molecule has 0 spiro atoms. The summed E-state index contributed by atoms with van der Waals surface area (Å²) in [7, 11) is 1.87. The van der Waals surface area contributed by atoms with Gasteiger partial charge in [0, 0.05) is 30.7 Å². The van der Waals surface area contributed by atoms with Gasteiger partial charge >= 0.3 is 0 Å². The van der Waals surface area contributed by atoms with Crippen LogP contribution in [0, 0.1) is 0 Å². The van der Waals surface area contributed by atoms with Crippen molar-refractivity contribution in [1.82, 2.24) is 4.68 Å². The lowest BCUT2D eigenvalue weighted by molar-refractivity contribution is 0.0976. The highest BCUT2D eigenvalue weighted by Crippen LogP contribution is 2.21. The molecule has 0 saturated heterocycles. The quantitative estimate of drug-likeness (QED) is 0.797. The van der Waals surface area contributed by atoms with E-state index in [-0.39, 0.29) is 5.91 Å². The molecule has 2 aromatic carbocycles. The summed E-state index contributed by atoms with van der Waals surface area (Å²) in [6.07, 6.45) is 3.71. The zero-order chi connectivity index (χ0) is 15.4. The Kier molecular flexibility index (Phi) is 3.92. The number of anilines is 2. The molecule has 0 aliphatic heterocycles. The standard InChI is InChI=1S/C18H17N3O/c1-19-16-9-11-17(12-10-16)21(20-13-5-6-14-20)18(22)15-7-3-2-4-8-15/h2-14,19H,1H3. The first kappa shape index (κ1) is 13.9. The number of rotatable bonds is 4. The molecule has 0 radical (unpaired) electrons. The number of hydrogen-bond acceptors (Lipinski definition) is 2. The van der Waals surface area contributed by atoms with Crippen LogP contribution < -0.4 is 10.3 Å². The van der Waals surface area contributed by atoms with E-state index in [1.165, 1.54) is 0 Å². The third kappa shape index (κ3) is 2.72. The van der Waals surface area contributed by atoms with Crippen molar-refractivity contribution in [3.05, 3.63) is 84.7 Å². The number of carbonyl (C=O) groups is 1. The van der Waals surface area contributed by atoms with Gasteiger partial charge in [-0.05, 0) is 48.5 Å². The van der Waals surface area contributed by atoms with Crippen molar-refractivity contribution in [3.63, 3.8) is 0 Å². The van der Waals surface area contributed by atoms with E-state index in [1.807, 2.05) is 86.2 Å². The summed E-state index contributed by atoms with van der Waals surface area (Å²) in [6, 6.07) is 20.8. The molecule has 1 amide bonds. The topological polar surface area (TPSA) is 37.3 Å². The molecule has 3 aromatic rings. The maximum absolute atomic E-state index is 12.9. The number of hydrogen-bond donors (Lipinski definition) is 1. The van der Waals surface area contributed by atoms with E-state index in [2.05, 4.69) is 5.32 Å². The fraction of sp³-hybridized carbons (Fsp3) is 0.0556. The average Bonchev–Trinajstić information content (AvgIpc) is 3.10. The lowest BCUT2D eigenvalue weighted by Gasteiger charge is -2.24. The summed E-state index contributed by atoms with van der Waals surface area (Å²) in [5.41, 5.74) is 2.46. The predicted molar refractivity (Wildman–Crippen MR) is 89.1 cm³/mol. The molecule has 0 saturated carbocycles. The van der Waals surface area contributed by atoms with Crippen LogP contribution in [0.4, 0.5) is 11.4 Å². The maximum Gasteiger partial charge on any atom is 0.277 e. The van der Waals surface area contributed by atoms with Gasteiger partial charge in [0.25, 0.3) is 5.91 Å². The molecule has 1 heterocycles. The van der Waals surface area contributed by atoms with E-state index in [0.29, 0.717) is 5.56 Å². The lowest BCUT2D eigenvalue weighted by Crippen LogP contribution is -2.35. The van der Waals surface area contributed by atoms with Crippen LogP contribution >= 0.6 is 0 Å². The summed E-state index contributed by atoms with van der Waals surface area (Å²) in [5, 5.41) is 4.73. The summed E-state index contributed by atoms with van der Waals surface area (Å²) >= 11 is 0. The van der Waals surface area contributed by atoms with E-state index >= 15 is 0 Å². The summed E-state index contributed by atoms with van der Waals surface area (Å²) in [6.45, 7) is 0. The first-order valence-electron chi connectivity index (χ1n) is 7.10. The van der Waals surface area contributed by atoms with E-state index in [4.69, 9.17) is 0 Å². The van der Waals surface area contributed by atoms with Crippen molar-refractivity contribution < 1.29 is 4.79 Å². The molecule has 1 N–H and O–H groups in total. The lowest BCUT2D eigenvalue weighted by atomic mass is 10.2. The van der Waals surface area contributed by atoms with Gasteiger partial charge in [0.15, 0.2) is 0 Å². The molecular formula is C18H17N3O. The van der Waals surface area contributed by atoms with Crippen LogP contribution in [-0.4, -0.2) is 17.6 Å². The summed E-state index contributed by atoms with van der Waals surface area (Å²) in [5.74, 6) is -0.0750. The second kappa shape index (κ2) is 6.18. The first-order chi connectivity index (χ1) is 10.8. The fourth-order valence-electron chi connectivity index (χ4n) is 2.29. The van der Waals surface area contributed by atoms with Crippen molar-refractivity contribution in [3.8, 4) is 0 Å². The number of benzene rings is 2. The van der Waals surface area contributed by atoms with Gasteiger partial charge in [0.1, 0.15) is 0 Å². The second-order valence-electron chi connectivity index (χ2n) is 4.84. The van der Waals surface area contributed by atoms with Gasteiger partial charge < -0.3 is 5.32 Å². The smallest absolute Gasteiger partial charge is 0.277 e. The van der Waals surface area contributed by atoms with Crippen LogP contribution in [-0.2, 0) is 0 Å². The van der Waals surface area contributed by atoms with E-state index < -0.39 is 0 Å². The van der Waals surface area contributed by atoms with Crippen LogP contribution in [0.2, 0.25) is 0 Å². The fourth-order valence-corrected chi connectivity index (χ4v) is 2.29. The maximum atomic E-state index is 12.9. The molecule has 3 rings (SSSR count). The average molecular weight is 291 g/mol. The Morgan fingerprint density at radius 1 is 0.909 bits per heavy atom. The van der Waals surface area contributed by atoms with E-state index in [1.54, 1.807) is 9.69 Å². The van der Waals surface area contributed by atoms with Crippen molar-refractivity contribution in [2.45, 2.75) is 0 Å². The molecule has 4 nitrogen and oxygen atoms in total. The minimum atomic E-state index is -0.0750. The molecule has 0 aliphatic carbocycles. The molecule has 0 bridgehead atoms. The zero-order valence-electron chi connectivity index (χ0n) is 12.3. The highest BCUT2D eigenvalue weighted by Gasteiger charge is 2.18. The molecular weight excluding hydrogens is 274 g/mol. The summed E-state index contributed by atoms with van der Waals surface area (Å²) in [4.78, 5) is 12.9. The van der Waals surface area contributed by atoms with Gasteiger partial charge in [0.05, 0.1) is 5.69 Å². The third-order valence-electron chi connectivity index (χ3n) is 3.43. The van der Waals surface area contributed by atoms with Crippen LogP contribution in [0.25, 0.3) is 0 Å². The van der Waals surface area contributed by atoms with Crippen LogP contribution in [0.1, 0.15) is 10.4 Å². The van der Waals surface area contributed by atoms with Crippen molar-refractivity contribution in [1.29, 1.82) is 0 Å². The van der Waals surface area contributed by atoms with Crippen molar-refractivity contribution in [2.24, 2.45) is 0 Å². The monoisotopic (exact) mass is 291 g/mol. The Balaban J connectivity index is 2.02. The number of nitrogens with one attached hydrogen (secondary N) is 1. The minimum absolute atomic E-state index is 0.0750. The Labute approximate surface area is 129 Å². The number of aromatic nitrogens is 1. The van der Waals surface area contributed by atoms with Crippen molar-refractivity contribution in [2.75, 3.05) is 17.4 Å². The number of amides is 1. The molecule has 0 unspecified atom stereocenters. The van der Waals surface area contributed by atoms with Gasteiger partial charge in [-0.3, -0.25) is 9.47 Å². The van der Waals surface area contributed by atoms with Crippen molar-refractivity contribution >= 4 is 17.3 Å². The highest BCUT2D eigenvalue weighted by atomic mass is 16.2. The van der Waals surface area contributed by atoms with Crippen LogP contribution in [0.3, 0.4) is 0 Å². The molecule has 0 aliphatic rings. The molecule has 0 fully saturated rings. The first-order valence-corrected chi connectivity index (χ1v) is 7.10. The van der Waals surface area contributed by atoms with E-state index in [9.17, 15) is 4.79 Å². The van der Waals surface area contributed by atoms with Crippen LogP contribution in [0.15, 0.2) is 79.1 Å². The Bertz CT molecular complexity index is 734. The number of nitrogens with zero attached hydrogens (tertiary/aromatic N) is 2. The molecule has 22 heavy (non-hydrogen) atoms. The second-order valence-corrected chi connectivity index (χ2v) is 4.84. The van der Waals surface area contributed by atoms with Crippen LogP contribution in [0.5, 0.6) is 0 Å². The van der Waals surface area contributed by atoms with Gasteiger partial charge in [-0.1, -0.05) is 18.2 Å². The Morgan fingerprint density at radius 2 is 1.55 bits per heavy atom. The third-order valence-corrected chi connectivity index (χ3v) is 3.43. The van der Waals surface area contributed by atoms with Gasteiger partial charge in [-0.15, -0.1) is 0 Å². The van der Waals surface area contributed by atoms with E-state index in [0.717, 1.165) is 11.4 Å². The number of carbonyl (C=O) groups excluding carboxylic acids is 1. The molecule has 4 heteroatoms. The zero-order valence-corrected chi connectivity index (χ0v) is 12.3. The highest BCUT2D eigenvalue weighted by molar-refractivity contribution is 6.05. The predicted octanol–water partition coefficient (Wildman–Crippen LogP) is 3.64. The SMILES string of the molecule is CNc1ccc(N(C(=O)c2ccccc2)n2cccc2)cc1. The Hall–Kier alpha value is -3.01.